The zero-order valence-electron chi connectivity index (χ0n) is 14.6. The molecular formula is C20H22N2O2S. The van der Waals surface area contributed by atoms with Gasteiger partial charge in [-0.3, -0.25) is 0 Å². The first kappa shape index (κ1) is 17.4. The molecule has 0 unspecified atom stereocenters. The molecule has 0 saturated carbocycles. The van der Waals surface area contributed by atoms with Crippen LogP contribution >= 0.6 is 11.8 Å². The Morgan fingerprint density at radius 1 is 1.12 bits per heavy atom. The Hall–Kier alpha value is -2.40. The van der Waals surface area contributed by atoms with Gasteiger partial charge in [0.05, 0.1) is 24.8 Å². The van der Waals surface area contributed by atoms with Crippen LogP contribution in [0.5, 0.6) is 11.5 Å². The van der Waals surface area contributed by atoms with Crippen molar-refractivity contribution in [1.29, 1.82) is 0 Å². The van der Waals surface area contributed by atoms with E-state index in [0.717, 1.165) is 45.6 Å². The van der Waals surface area contributed by atoms with Crippen LogP contribution in [-0.4, -0.2) is 29.0 Å². The van der Waals surface area contributed by atoms with Crippen molar-refractivity contribution in [1.82, 2.24) is 9.55 Å². The van der Waals surface area contributed by atoms with Gasteiger partial charge in [0.25, 0.3) is 0 Å². The fourth-order valence-corrected chi connectivity index (χ4v) is 3.38. The van der Waals surface area contributed by atoms with Gasteiger partial charge in [-0.1, -0.05) is 36.0 Å². The molecule has 0 amide bonds. The number of aromatic nitrogens is 2. The van der Waals surface area contributed by atoms with Crippen molar-refractivity contribution in [2.75, 3.05) is 19.5 Å². The van der Waals surface area contributed by atoms with E-state index in [2.05, 4.69) is 17.2 Å². The van der Waals surface area contributed by atoms with Gasteiger partial charge in [-0.25, -0.2) is 4.98 Å². The summed E-state index contributed by atoms with van der Waals surface area (Å²) >= 11 is 1.70. The summed E-state index contributed by atoms with van der Waals surface area (Å²) in [6.45, 7) is 7.47. The second-order valence-corrected chi connectivity index (χ2v) is 6.86. The van der Waals surface area contributed by atoms with Crippen LogP contribution in [0.15, 0.2) is 65.8 Å². The van der Waals surface area contributed by atoms with E-state index in [0.29, 0.717) is 6.61 Å². The van der Waals surface area contributed by atoms with E-state index in [1.165, 1.54) is 0 Å². The fourth-order valence-electron chi connectivity index (χ4n) is 2.55. The second-order valence-electron chi connectivity index (χ2n) is 5.80. The average Bonchev–Trinajstić information content (AvgIpc) is 2.96. The Morgan fingerprint density at radius 2 is 1.84 bits per heavy atom. The van der Waals surface area contributed by atoms with Crippen molar-refractivity contribution in [3.8, 4) is 11.5 Å². The van der Waals surface area contributed by atoms with Crippen molar-refractivity contribution >= 4 is 22.8 Å². The van der Waals surface area contributed by atoms with Crippen LogP contribution in [0.25, 0.3) is 11.0 Å². The number of benzene rings is 2. The molecule has 1 heterocycles. The van der Waals surface area contributed by atoms with Gasteiger partial charge in [0.1, 0.15) is 11.5 Å². The van der Waals surface area contributed by atoms with E-state index >= 15 is 0 Å². The van der Waals surface area contributed by atoms with Crippen molar-refractivity contribution < 1.29 is 9.47 Å². The first-order valence-corrected chi connectivity index (χ1v) is 9.15. The predicted octanol–water partition coefficient (Wildman–Crippen LogP) is 4.79. The molecule has 0 atom stereocenters. The number of hydrogen-bond acceptors (Lipinski definition) is 4. The van der Waals surface area contributed by atoms with E-state index in [1.54, 1.807) is 18.9 Å². The molecule has 0 saturated heterocycles. The standard InChI is InChI=1S/C20H22N2O2S/c1-15(2)14-22-19-7-5-4-6-18(19)21-20(22)25-13-12-24-17-10-8-16(23-3)9-11-17/h4-11H,1,12-14H2,2-3H3. The summed E-state index contributed by atoms with van der Waals surface area (Å²) in [5.74, 6) is 2.50. The molecule has 0 spiro atoms. The van der Waals surface area contributed by atoms with Crippen molar-refractivity contribution in [3.63, 3.8) is 0 Å². The van der Waals surface area contributed by atoms with Crippen LogP contribution in [0.1, 0.15) is 6.92 Å². The summed E-state index contributed by atoms with van der Waals surface area (Å²) in [5.41, 5.74) is 3.27. The lowest BCUT2D eigenvalue weighted by atomic mass is 10.3. The smallest absolute Gasteiger partial charge is 0.169 e. The average molecular weight is 354 g/mol. The van der Waals surface area contributed by atoms with Crippen LogP contribution in [0, 0.1) is 0 Å². The lowest BCUT2D eigenvalue weighted by Gasteiger charge is -2.09. The molecule has 3 aromatic rings. The van der Waals surface area contributed by atoms with E-state index in [-0.39, 0.29) is 0 Å². The van der Waals surface area contributed by atoms with Gasteiger partial charge >= 0.3 is 0 Å². The number of rotatable bonds is 8. The van der Waals surface area contributed by atoms with Crippen molar-refractivity contribution in [3.05, 3.63) is 60.7 Å². The third-order valence-electron chi connectivity index (χ3n) is 3.69. The van der Waals surface area contributed by atoms with Crippen LogP contribution in [0.2, 0.25) is 0 Å². The van der Waals surface area contributed by atoms with Crippen LogP contribution in [0.3, 0.4) is 0 Å². The molecule has 0 aliphatic carbocycles. The molecule has 3 rings (SSSR count). The van der Waals surface area contributed by atoms with E-state index in [1.807, 2.05) is 49.4 Å². The predicted molar refractivity (Wildman–Crippen MR) is 104 cm³/mol. The number of imidazole rings is 1. The van der Waals surface area contributed by atoms with Crippen LogP contribution < -0.4 is 9.47 Å². The number of ether oxygens (including phenoxy) is 2. The summed E-state index contributed by atoms with van der Waals surface area (Å²) < 4.78 is 13.2. The minimum Gasteiger partial charge on any atom is -0.497 e. The highest BCUT2D eigenvalue weighted by atomic mass is 32.2. The summed E-state index contributed by atoms with van der Waals surface area (Å²) in [6.07, 6.45) is 0. The zero-order chi connectivity index (χ0) is 17.6. The number of nitrogens with zero attached hydrogens (tertiary/aromatic N) is 2. The Kier molecular flexibility index (Phi) is 5.66. The normalized spacial score (nSPS) is 10.8. The van der Waals surface area contributed by atoms with Crippen LogP contribution in [-0.2, 0) is 6.54 Å². The maximum absolute atomic E-state index is 5.79. The third kappa shape index (κ3) is 4.37. The van der Waals surface area contributed by atoms with E-state index < -0.39 is 0 Å². The summed E-state index contributed by atoms with van der Waals surface area (Å²) in [5, 5.41) is 1.00. The summed E-state index contributed by atoms with van der Waals surface area (Å²) in [7, 11) is 1.66. The molecule has 0 bridgehead atoms. The highest BCUT2D eigenvalue weighted by Gasteiger charge is 2.11. The number of allylic oxidation sites excluding steroid dienone is 1. The van der Waals surface area contributed by atoms with E-state index in [4.69, 9.17) is 14.5 Å². The maximum atomic E-state index is 5.79. The molecule has 0 aliphatic heterocycles. The van der Waals surface area contributed by atoms with Gasteiger partial charge in [0.2, 0.25) is 0 Å². The summed E-state index contributed by atoms with van der Waals surface area (Å²) in [4.78, 5) is 4.75. The summed E-state index contributed by atoms with van der Waals surface area (Å²) in [6, 6.07) is 15.8. The Balaban J connectivity index is 1.63. The zero-order valence-corrected chi connectivity index (χ0v) is 15.4. The van der Waals surface area contributed by atoms with E-state index in [9.17, 15) is 0 Å². The second kappa shape index (κ2) is 8.12. The minimum absolute atomic E-state index is 0.618. The van der Waals surface area contributed by atoms with Gasteiger partial charge in [-0.2, -0.15) is 0 Å². The fraction of sp³-hybridized carbons (Fsp3) is 0.250. The van der Waals surface area contributed by atoms with Gasteiger partial charge in [-0.05, 0) is 43.3 Å². The molecular weight excluding hydrogens is 332 g/mol. The largest absolute Gasteiger partial charge is 0.497 e. The molecule has 1 aromatic heterocycles. The monoisotopic (exact) mass is 354 g/mol. The quantitative estimate of drug-likeness (QED) is 0.331. The molecule has 4 nitrogen and oxygen atoms in total. The molecule has 0 fully saturated rings. The number of fused-ring (bicyclic) bond motifs is 1. The van der Waals surface area contributed by atoms with Gasteiger partial charge in [-0.15, -0.1) is 0 Å². The molecule has 0 aliphatic rings. The molecule has 0 radical (unpaired) electrons. The maximum Gasteiger partial charge on any atom is 0.169 e. The highest BCUT2D eigenvalue weighted by molar-refractivity contribution is 7.99. The van der Waals surface area contributed by atoms with Crippen molar-refractivity contribution in [2.45, 2.75) is 18.6 Å². The van der Waals surface area contributed by atoms with Crippen molar-refractivity contribution in [2.24, 2.45) is 0 Å². The molecule has 2 aromatic carbocycles. The number of hydrogen-bond donors (Lipinski definition) is 0. The Bertz CT molecular complexity index is 856. The van der Waals surface area contributed by atoms with Gasteiger partial charge in [0, 0.05) is 12.3 Å². The lowest BCUT2D eigenvalue weighted by molar-refractivity contribution is 0.342. The first-order chi connectivity index (χ1) is 12.2. The highest BCUT2D eigenvalue weighted by Crippen LogP contribution is 2.25. The number of para-hydroxylation sites is 2. The van der Waals surface area contributed by atoms with Gasteiger partial charge in [0.15, 0.2) is 5.16 Å². The number of methoxy groups -OCH3 is 1. The Labute approximate surface area is 152 Å². The number of thioether (sulfide) groups is 1. The third-order valence-corrected chi connectivity index (χ3v) is 4.63. The lowest BCUT2D eigenvalue weighted by Crippen LogP contribution is -2.04. The molecule has 5 heteroatoms. The first-order valence-electron chi connectivity index (χ1n) is 8.16. The Morgan fingerprint density at radius 3 is 2.56 bits per heavy atom. The molecule has 0 N–H and O–H groups in total. The van der Waals surface area contributed by atoms with Crippen LogP contribution in [0.4, 0.5) is 0 Å². The SMILES string of the molecule is C=C(C)Cn1c(SCCOc2ccc(OC)cc2)nc2ccccc21. The van der Waals surface area contributed by atoms with Gasteiger partial charge < -0.3 is 14.0 Å². The topological polar surface area (TPSA) is 36.3 Å². The molecule has 25 heavy (non-hydrogen) atoms. The molecule has 130 valence electrons. The minimum atomic E-state index is 0.618.